The Labute approximate surface area is 110 Å². The zero-order valence-corrected chi connectivity index (χ0v) is 10.8. The quantitative estimate of drug-likeness (QED) is 0.763. The van der Waals surface area contributed by atoms with Gasteiger partial charge in [0.15, 0.2) is 0 Å². The Morgan fingerprint density at radius 1 is 1.37 bits per heavy atom. The lowest BCUT2D eigenvalue weighted by atomic mass is 10.2. The molecule has 19 heavy (non-hydrogen) atoms. The fourth-order valence-corrected chi connectivity index (χ4v) is 1.68. The number of rotatable bonds is 6. The minimum absolute atomic E-state index is 0.182. The Morgan fingerprint density at radius 3 is 2.84 bits per heavy atom. The third-order valence-corrected chi connectivity index (χ3v) is 2.60. The summed E-state index contributed by atoms with van der Waals surface area (Å²) in [5.41, 5.74) is 6.21. The summed E-state index contributed by atoms with van der Waals surface area (Å²) in [6, 6.07) is 1.42. The van der Waals surface area contributed by atoms with E-state index in [1.807, 2.05) is 13.2 Å². The molecule has 0 saturated heterocycles. The third-order valence-electron chi connectivity index (χ3n) is 2.60. The molecule has 2 N–H and O–H groups in total. The predicted octanol–water partition coefficient (Wildman–Crippen LogP) is -0.443. The Bertz CT molecular complexity index is 590. The van der Waals surface area contributed by atoms with Crippen molar-refractivity contribution >= 4 is 0 Å². The SMILES string of the molecule is Cn1cc(CCn2ncc(OCCN)cc2=O)cn1. The smallest absolute Gasteiger partial charge is 0.270 e. The Hall–Kier alpha value is -2.15. The van der Waals surface area contributed by atoms with Crippen molar-refractivity contribution in [3.8, 4) is 5.75 Å². The molecule has 0 atom stereocenters. The standard InChI is InChI=1S/C12H17N5O2/c1-16-9-10(7-14-16)2-4-17-12(18)6-11(8-15-17)19-5-3-13/h6-9H,2-5,13H2,1H3. The van der Waals surface area contributed by atoms with Crippen LogP contribution in [0.15, 0.2) is 29.5 Å². The first-order chi connectivity index (χ1) is 9.19. The molecule has 0 aromatic carbocycles. The molecule has 0 radical (unpaired) electrons. The van der Waals surface area contributed by atoms with E-state index in [4.69, 9.17) is 10.5 Å². The summed E-state index contributed by atoms with van der Waals surface area (Å²) in [4.78, 5) is 11.8. The number of nitrogens with two attached hydrogens (primary N) is 1. The number of hydrogen-bond acceptors (Lipinski definition) is 5. The van der Waals surface area contributed by atoms with E-state index in [9.17, 15) is 4.79 Å². The van der Waals surface area contributed by atoms with Gasteiger partial charge in [0.2, 0.25) is 0 Å². The summed E-state index contributed by atoms with van der Waals surface area (Å²) < 4.78 is 8.38. The van der Waals surface area contributed by atoms with Crippen LogP contribution in [0.4, 0.5) is 0 Å². The van der Waals surface area contributed by atoms with E-state index in [-0.39, 0.29) is 5.56 Å². The molecule has 2 aromatic heterocycles. The van der Waals surface area contributed by atoms with Crippen LogP contribution in [-0.2, 0) is 20.0 Å². The van der Waals surface area contributed by atoms with Crippen molar-refractivity contribution in [2.75, 3.05) is 13.2 Å². The molecule has 0 saturated carbocycles. The first-order valence-electron chi connectivity index (χ1n) is 6.06. The predicted molar refractivity (Wildman–Crippen MR) is 70.0 cm³/mol. The van der Waals surface area contributed by atoms with Gasteiger partial charge in [0, 0.05) is 32.4 Å². The first-order valence-corrected chi connectivity index (χ1v) is 6.06. The van der Waals surface area contributed by atoms with Crippen LogP contribution in [0.1, 0.15) is 5.56 Å². The second-order valence-corrected chi connectivity index (χ2v) is 4.16. The van der Waals surface area contributed by atoms with Crippen molar-refractivity contribution in [2.45, 2.75) is 13.0 Å². The van der Waals surface area contributed by atoms with Gasteiger partial charge < -0.3 is 10.5 Å². The first kappa shape index (κ1) is 13.3. The zero-order chi connectivity index (χ0) is 13.7. The van der Waals surface area contributed by atoms with E-state index in [1.165, 1.54) is 16.9 Å². The van der Waals surface area contributed by atoms with Crippen molar-refractivity contribution in [3.05, 3.63) is 40.6 Å². The topological polar surface area (TPSA) is 88.0 Å². The number of aryl methyl sites for hydroxylation is 3. The van der Waals surface area contributed by atoms with Gasteiger partial charge in [0.05, 0.1) is 12.4 Å². The van der Waals surface area contributed by atoms with Crippen LogP contribution in [0.25, 0.3) is 0 Å². The summed E-state index contributed by atoms with van der Waals surface area (Å²) in [6.07, 6.45) is 5.94. The van der Waals surface area contributed by atoms with Gasteiger partial charge in [-0.3, -0.25) is 9.48 Å². The van der Waals surface area contributed by atoms with E-state index in [2.05, 4.69) is 10.2 Å². The van der Waals surface area contributed by atoms with Gasteiger partial charge in [-0.1, -0.05) is 0 Å². The van der Waals surface area contributed by atoms with Crippen molar-refractivity contribution in [3.63, 3.8) is 0 Å². The van der Waals surface area contributed by atoms with E-state index in [1.54, 1.807) is 10.9 Å². The average Bonchev–Trinajstić information content (AvgIpc) is 2.81. The van der Waals surface area contributed by atoms with Gasteiger partial charge in [0.25, 0.3) is 5.56 Å². The van der Waals surface area contributed by atoms with E-state index >= 15 is 0 Å². The molecular weight excluding hydrogens is 246 g/mol. The molecule has 2 rings (SSSR count). The van der Waals surface area contributed by atoms with Crippen molar-refractivity contribution in [1.82, 2.24) is 19.6 Å². The Kier molecular flexibility index (Phi) is 4.30. The molecule has 0 aliphatic rings. The second kappa shape index (κ2) is 6.14. The molecule has 7 nitrogen and oxygen atoms in total. The highest BCUT2D eigenvalue weighted by Gasteiger charge is 2.02. The average molecular weight is 263 g/mol. The number of aromatic nitrogens is 4. The molecular formula is C12H17N5O2. The lowest BCUT2D eigenvalue weighted by Crippen LogP contribution is -2.23. The van der Waals surface area contributed by atoms with Crippen LogP contribution in [-0.4, -0.2) is 32.7 Å². The molecule has 102 valence electrons. The summed E-state index contributed by atoms with van der Waals surface area (Å²) >= 11 is 0. The van der Waals surface area contributed by atoms with Gasteiger partial charge >= 0.3 is 0 Å². The number of hydrogen-bond donors (Lipinski definition) is 1. The molecule has 0 fully saturated rings. The highest BCUT2D eigenvalue weighted by atomic mass is 16.5. The molecule has 2 aromatic rings. The maximum atomic E-state index is 11.8. The van der Waals surface area contributed by atoms with Crippen molar-refractivity contribution in [1.29, 1.82) is 0 Å². The van der Waals surface area contributed by atoms with Gasteiger partial charge in [0.1, 0.15) is 12.4 Å². The highest BCUT2D eigenvalue weighted by molar-refractivity contribution is 5.13. The normalized spacial score (nSPS) is 10.6. The summed E-state index contributed by atoms with van der Waals surface area (Å²) in [7, 11) is 1.86. The van der Waals surface area contributed by atoms with Crippen molar-refractivity contribution < 1.29 is 4.74 Å². The molecule has 0 amide bonds. The van der Waals surface area contributed by atoms with Crippen LogP contribution in [0, 0.1) is 0 Å². The summed E-state index contributed by atoms with van der Waals surface area (Å²) in [5, 5.41) is 8.14. The minimum Gasteiger partial charge on any atom is -0.490 e. The van der Waals surface area contributed by atoms with Crippen LogP contribution in [0.3, 0.4) is 0 Å². The van der Waals surface area contributed by atoms with Gasteiger partial charge in [-0.25, -0.2) is 4.68 Å². The molecule has 0 aliphatic heterocycles. The number of nitrogens with zero attached hydrogens (tertiary/aromatic N) is 4. The lowest BCUT2D eigenvalue weighted by Gasteiger charge is -2.06. The molecule has 0 aliphatic carbocycles. The molecule has 0 bridgehead atoms. The zero-order valence-electron chi connectivity index (χ0n) is 10.8. The van der Waals surface area contributed by atoms with Crippen LogP contribution in [0.5, 0.6) is 5.75 Å². The highest BCUT2D eigenvalue weighted by Crippen LogP contribution is 2.03. The van der Waals surface area contributed by atoms with Gasteiger partial charge in [-0.15, -0.1) is 0 Å². The largest absolute Gasteiger partial charge is 0.490 e. The molecule has 0 unspecified atom stereocenters. The van der Waals surface area contributed by atoms with Crippen LogP contribution >= 0.6 is 0 Å². The molecule has 2 heterocycles. The molecule has 7 heteroatoms. The fourth-order valence-electron chi connectivity index (χ4n) is 1.68. The van der Waals surface area contributed by atoms with E-state index in [0.29, 0.717) is 31.9 Å². The van der Waals surface area contributed by atoms with Crippen molar-refractivity contribution in [2.24, 2.45) is 12.8 Å². The molecule has 0 spiro atoms. The number of ether oxygens (including phenoxy) is 1. The maximum absolute atomic E-state index is 11.8. The fraction of sp³-hybridized carbons (Fsp3) is 0.417. The van der Waals surface area contributed by atoms with E-state index < -0.39 is 0 Å². The second-order valence-electron chi connectivity index (χ2n) is 4.16. The lowest BCUT2D eigenvalue weighted by molar-refractivity contribution is 0.323. The van der Waals surface area contributed by atoms with Gasteiger partial charge in [-0.05, 0) is 12.0 Å². The third kappa shape index (κ3) is 3.65. The van der Waals surface area contributed by atoms with E-state index in [0.717, 1.165) is 5.56 Å². The maximum Gasteiger partial charge on any atom is 0.270 e. The summed E-state index contributed by atoms with van der Waals surface area (Å²) in [5.74, 6) is 0.452. The summed E-state index contributed by atoms with van der Waals surface area (Å²) in [6.45, 7) is 1.30. The minimum atomic E-state index is -0.182. The Morgan fingerprint density at radius 2 is 2.21 bits per heavy atom. The van der Waals surface area contributed by atoms with Crippen LogP contribution < -0.4 is 16.0 Å². The van der Waals surface area contributed by atoms with Crippen LogP contribution in [0.2, 0.25) is 0 Å². The Balaban J connectivity index is 1.99. The monoisotopic (exact) mass is 263 g/mol. The van der Waals surface area contributed by atoms with Gasteiger partial charge in [-0.2, -0.15) is 10.2 Å².